The van der Waals surface area contributed by atoms with Crippen molar-refractivity contribution in [2.24, 2.45) is 0 Å². The lowest BCUT2D eigenvalue weighted by Gasteiger charge is -2.12. The summed E-state index contributed by atoms with van der Waals surface area (Å²) in [5.41, 5.74) is 38.7. The highest BCUT2D eigenvalue weighted by Gasteiger charge is 2.24. The standard InChI is InChI=1S/C48H32N2.C46H30N2.C42H28N2/c1-4-12-33(13-5-1)35-20-25-40(26-21-35)49-45-19-11-10-18-41(45)43-30-36(23-28-46(43)49)37-24-29-47-44(31-37)42-27-22-38(34-14-6-2-7-15-34)32-48(42)50(47)39-16-8-3-9-17-39;1-3-12-31(13-4-1)33-22-26-45-40(28-33)41-30-35(24-27-46(41)48(45)42-21-11-15-32-14-7-8-18-37(32)42)34-23-25-44-39(29-34)38-19-9-10-20-43(38)47(44)36-16-5-2-6-17-36;1-4-12-29(13-5-1)30-20-23-41-37(26-30)38-28-32(22-25-42(38)44(41)34-16-8-3-9-17-34)31-21-24-40-36(27-31)35-18-10-11-19-39(35)43(40)33-14-6-2-7-15-33/h1-32H;1-30H;1-28H. The maximum absolute atomic E-state index is 2.45. The van der Waals surface area contributed by atoms with Gasteiger partial charge in [-0.25, -0.2) is 0 Å². The Morgan fingerprint density at radius 2 is 0.282 bits per heavy atom. The molecule has 0 N–H and O–H groups in total. The Morgan fingerprint density at radius 1 is 0.0915 bits per heavy atom. The molecule has 0 unspecified atom stereocenters. The van der Waals surface area contributed by atoms with Gasteiger partial charge < -0.3 is 27.4 Å². The first-order valence-electron chi connectivity index (χ1n) is 48.8. The van der Waals surface area contributed by atoms with E-state index in [0.717, 1.165) is 11.4 Å². The first kappa shape index (κ1) is 82.6. The van der Waals surface area contributed by atoms with Crippen molar-refractivity contribution in [3.05, 3.63) is 546 Å². The van der Waals surface area contributed by atoms with Gasteiger partial charge in [0.25, 0.3) is 0 Å². The zero-order valence-electron chi connectivity index (χ0n) is 77.6. The molecule has 0 amide bonds. The van der Waals surface area contributed by atoms with Crippen molar-refractivity contribution in [1.82, 2.24) is 27.4 Å². The van der Waals surface area contributed by atoms with Gasteiger partial charge in [0.1, 0.15) is 0 Å². The number of para-hydroxylation sites is 7. The van der Waals surface area contributed by atoms with E-state index in [9.17, 15) is 0 Å². The number of hydrogen-bond acceptors (Lipinski definition) is 0. The van der Waals surface area contributed by atoms with Crippen LogP contribution in [0.25, 0.3) is 254 Å². The summed E-state index contributed by atoms with van der Waals surface area (Å²) in [6.07, 6.45) is 0. The lowest BCUT2D eigenvalue weighted by atomic mass is 9.99. The summed E-state index contributed by atoms with van der Waals surface area (Å²) >= 11 is 0. The molecule has 142 heavy (non-hydrogen) atoms. The Morgan fingerprint density at radius 3 is 0.599 bits per heavy atom. The Kier molecular flexibility index (Phi) is 20.2. The smallest absolute Gasteiger partial charge is 0.0547 e. The molecule has 23 aromatic carbocycles. The van der Waals surface area contributed by atoms with E-state index in [4.69, 9.17) is 0 Å². The average Bonchev–Trinajstić information content (AvgIpc) is 1.58. The van der Waals surface area contributed by atoms with Gasteiger partial charge in [0.05, 0.1) is 71.9 Å². The molecule has 0 spiro atoms. The highest BCUT2D eigenvalue weighted by molar-refractivity contribution is 6.18. The van der Waals surface area contributed by atoms with Crippen molar-refractivity contribution < 1.29 is 0 Å². The minimum Gasteiger partial charge on any atom is -0.309 e. The summed E-state index contributed by atoms with van der Waals surface area (Å²) in [4.78, 5) is 0. The number of hydrogen-bond donors (Lipinski definition) is 0. The van der Waals surface area contributed by atoms with Crippen LogP contribution < -0.4 is 0 Å². The van der Waals surface area contributed by atoms with E-state index >= 15 is 0 Å². The van der Waals surface area contributed by atoms with Crippen LogP contribution in [0, 0.1) is 0 Å². The fourth-order valence-electron chi connectivity index (χ4n) is 22.3. The molecule has 6 aromatic heterocycles. The third-order valence-corrected chi connectivity index (χ3v) is 28.9. The largest absolute Gasteiger partial charge is 0.309 e. The SMILES string of the molecule is c1ccc(-c2ccc(-n3c4ccccc4c4cc(-c5ccc6c(c5)c5ccc(-c7ccccc7)cc5n6-c5ccccc5)ccc43)cc2)cc1.c1ccc(-c2ccc3c(c2)c2cc(-c4ccc5c(c4)c4ccccc4n5-c4ccccc4)ccc2n3-c2cccc3ccccc23)cc1.c1ccc(-c2ccc3c(c2)c2cc(-c4ccc5c(c4)c4ccccc4n5-c4ccccc4)ccc2n3-c2ccccc2)cc1. The molecule has 29 aromatic rings. The molecule has 0 atom stereocenters. The number of nitrogens with zero attached hydrogens (tertiary/aromatic N) is 6. The molecule has 0 saturated heterocycles. The summed E-state index contributed by atoms with van der Waals surface area (Å²) < 4.78 is 14.4. The van der Waals surface area contributed by atoms with Gasteiger partial charge in [-0.1, -0.05) is 358 Å². The van der Waals surface area contributed by atoms with Crippen molar-refractivity contribution in [1.29, 1.82) is 0 Å². The Hall–Kier alpha value is -18.9. The molecule has 664 valence electrons. The third-order valence-electron chi connectivity index (χ3n) is 28.9. The molecule has 6 nitrogen and oxygen atoms in total. The number of benzene rings is 23. The van der Waals surface area contributed by atoms with E-state index in [1.54, 1.807) is 0 Å². The molecule has 0 aliphatic heterocycles. The first-order valence-corrected chi connectivity index (χ1v) is 48.8. The predicted octanol–water partition coefficient (Wildman–Crippen LogP) is 36.5. The molecule has 0 radical (unpaired) electrons. The summed E-state index contributed by atoms with van der Waals surface area (Å²) in [5, 5.41) is 17.6. The van der Waals surface area contributed by atoms with E-state index in [1.165, 1.54) is 242 Å². The summed E-state index contributed by atoms with van der Waals surface area (Å²) in [5.74, 6) is 0. The second-order valence-electron chi connectivity index (χ2n) is 37.0. The molecule has 0 aliphatic carbocycles. The van der Waals surface area contributed by atoms with Crippen molar-refractivity contribution in [3.8, 4) is 112 Å². The highest BCUT2D eigenvalue weighted by atomic mass is 15.0. The Labute approximate surface area is 821 Å². The van der Waals surface area contributed by atoms with Gasteiger partial charge in [0.2, 0.25) is 0 Å². The molecule has 6 heteroatoms. The summed E-state index contributed by atoms with van der Waals surface area (Å²) in [7, 11) is 0. The molecular weight excluding hydrogens is 1720 g/mol. The van der Waals surface area contributed by atoms with Gasteiger partial charge in [-0.3, -0.25) is 0 Å². The zero-order chi connectivity index (χ0) is 93.7. The predicted molar refractivity (Wildman–Crippen MR) is 601 cm³/mol. The van der Waals surface area contributed by atoms with Crippen molar-refractivity contribution in [2.75, 3.05) is 0 Å². The van der Waals surface area contributed by atoms with Crippen LogP contribution in [0.1, 0.15) is 0 Å². The van der Waals surface area contributed by atoms with Gasteiger partial charge in [-0.15, -0.1) is 0 Å². The van der Waals surface area contributed by atoms with Crippen molar-refractivity contribution in [3.63, 3.8) is 0 Å². The lowest BCUT2D eigenvalue weighted by molar-refractivity contribution is 1.18. The molecule has 0 saturated carbocycles. The molecule has 0 aliphatic rings. The van der Waals surface area contributed by atoms with E-state index in [-0.39, 0.29) is 0 Å². The van der Waals surface area contributed by atoms with Crippen LogP contribution in [0.3, 0.4) is 0 Å². The molecule has 6 heterocycles. The minimum atomic E-state index is 1.16. The Bertz CT molecular complexity index is 9920. The van der Waals surface area contributed by atoms with Crippen LogP contribution in [0.2, 0.25) is 0 Å². The molecule has 29 rings (SSSR count). The van der Waals surface area contributed by atoms with Crippen LogP contribution in [0.4, 0.5) is 0 Å². The number of rotatable bonds is 13. The fraction of sp³-hybridized carbons (Fsp3) is 0. The highest BCUT2D eigenvalue weighted by Crippen LogP contribution is 2.47. The third kappa shape index (κ3) is 14.3. The van der Waals surface area contributed by atoms with Crippen molar-refractivity contribution >= 4 is 142 Å². The number of fused-ring (bicyclic) bond motifs is 19. The van der Waals surface area contributed by atoms with Crippen LogP contribution >= 0.6 is 0 Å². The van der Waals surface area contributed by atoms with Gasteiger partial charge in [0.15, 0.2) is 0 Å². The van der Waals surface area contributed by atoms with E-state index < -0.39 is 0 Å². The summed E-state index contributed by atoms with van der Waals surface area (Å²) in [6.45, 7) is 0. The number of aromatic nitrogens is 6. The lowest BCUT2D eigenvalue weighted by Crippen LogP contribution is -1.95. The van der Waals surface area contributed by atoms with E-state index in [0.29, 0.717) is 0 Å². The second-order valence-corrected chi connectivity index (χ2v) is 37.0. The maximum Gasteiger partial charge on any atom is 0.0547 e. The molecular formula is C136H90N6. The topological polar surface area (TPSA) is 29.6 Å². The van der Waals surface area contributed by atoms with Crippen LogP contribution in [0.5, 0.6) is 0 Å². The minimum absolute atomic E-state index is 1.16. The average molecular weight is 1810 g/mol. The monoisotopic (exact) mass is 1810 g/mol. The quantitative estimate of drug-likeness (QED) is 0.110. The maximum atomic E-state index is 2.45. The van der Waals surface area contributed by atoms with Crippen LogP contribution in [-0.2, 0) is 0 Å². The first-order chi connectivity index (χ1) is 70.4. The van der Waals surface area contributed by atoms with Crippen LogP contribution in [0.15, 0.2) is 546 Å². The normalized spacial score (nSPS) is 11.7. The van der Waals surface area contributed by atoms with E-state index in [2.05, 4.69) is 573 Å². The zero-order valence-corrected chi connectivity index (χ0v) is 77.6. The summed E-state index contributed by atoms with van der Waals surface area (Å²) in [6, 6.07) is 198. The second kappa shape index (κ2) is 34.7. The van der Waals surface area contributed by atoms with Gasteiger partial charge in [-0.05, 0) is 271 Å². The van der Waals surface area contributed by atoms with Gasteiger partial charge in [-0.2, -0.15) is 0 Å². The van der Waals surface area contributed by atoms with Crippen molar-refractivity contribution in [2.45, 2.75) is 0 Å². The fourth-order valence-corrected chi connectivity index (χ4v) is 22.3. The van der Waals surface area contributed by atoms with Gasteiger partial charge in [0, 0.05) is 98.5 Å². The Balaban J connectivity index is 0.000000107. The van der Waals surface area contributed by atoms with Crippen LogP contribution in [-0.4, -0.2) is 27.4 Å². The van der Waals surface area contributed by atoms with Gasteiger partial charge >= 0.3 is 0 Å². The van der Waals surface area contributed by atoms with E-state index in [1.807, 2.05) is 0 Å². The molecule has 0 fully saturated rings. The molecule has 0 bridgehead atoms.